The fourth-order valence-corrected chi connectivity index (χ4v) is 9.93. The number of phenolic OH excluding ortho intramolecular Hbond substituents is 2. The number of benzene rings is 4. The first-order chi connectivity index (χ1) is 28.9. The van der Waals surface area contributed by atoms with Gasteiger partial charge in [-0.15, -0.1) is 0 Å². The summed E-state index contributed by atoms with van der Waals surface area (Å²) in [5, 5.41) is 54.4. The van der Waals surface area contributed by atoms with Gasteiger partial charge in [-0.3, -0.25) is 5.32 Å². The van der Waals surface area contributed by atoms with E-state index in [9.17, 15) is 20.4 Å². The van der Waals surface area contributed by atoms with E-state index in [0.29, 0.717) is 63.5 Å². The number of phenols is 2. The van der Waals surface area contributed by atoms with E-state index in [0.717, 1.165) is 67.8 Å². The predicted molar refractivity (Wildman–Crippen MR) is 232 cm³/mol. The first-order valence-electron chi connectivity index (χ1n) is 21.3. The Bertz CT molecular complexity index is 2320. The SMILES string of the molecule is CNCO[C@]1(CNCNC[C@@](C)(O)CC(C)C)Cc2c3c(c4c(c2O[C@@H]1c1ccc(O)c(OC)c1)CC[C@H](CO)O4)-c1ccc(O)cc1[C@@H](Cc1ccc2[nH]ccc2c1)C3. The number of aliphatic hydroxyl groups is 2. The smallest absolute Gasteiger partial charge is 0.160 e. The summed E-state index contributed by atoms with van der Waals surface area (Å²) in [5.74, 6) is 2.41. The van der Waals surface area contributed by atoms with Crippen LogP contribution in [0.25, 0.3) is 22.0 Å². The molecule has 60 heavy (non-hydrogen) atoms. The number of nitrogens with one attached hydrogen (secondary N) is 4. The molecule has 4 aromatic carbocycles. The summed E-state index contributed by atoms with van der Waals surface area (Å²) in [6.07, 6.45) is 4.74. The molecule has 0 saturated carbocycles. The standard InChI is InChI=1S/C48H60N4O8/c1-28(2)21-47(3,56)24-50-26-51-25-48(58-27-49-4)22-39-38-18-32(17-29-6-12-40-30(16-29)14-15-52-40)37-20-33(54)8-10-35(37)43(38)45-36(11-9-34(23-53)59-45)44(39)60-46(48)31-7-13-41(55)42(19-31)57-5/h6-8,10,12-16,19-20,28,32,34,46,49-56H,9,11,17-18,21-27H2,1-5H3/t32-,34+,46+,47-,48-/m0/s1. The minimum atomic E-state index is -0.977. The van der Waals surface area contributed by atoms with E-state index in [4.69, 9.17) is 18.9 Å². The lowest BCUT2D eigenvalue weighted by atomic mass is 9.70. The molecule has 5 atom stereocenters. The molecule has 12 nitrogen and oxygen atoms in total. The molecule has 0 saturated heterocycles. The normalized spacial score (nSPS) is 21.6. The van der Waals surface area contributed by atoms with Crippen molar-refractivity contribution in [2.24, 2.45) is 5.92 Å². The van der Waals surface area contributed by atoms with E-state index in [1.165, 1.54) is 12.7 Å². The molecule has 5 aromatic rings. The number of aromatic nitrogens is 1. The third-order valence-corrected chi connectivity index (χ3v) is 12.4. The number of hydrogen-bond acceptors (Lipinski definition) is 11. The monoisotopic (exact) mass is 820 g/mol. The van der Waals surface area contributed by atoms with Crippen molar-refractivity contribution < 1.29 is 39.4 Å². The molecule has 8 rings (SSSR count). The molecular formula is C48H60N4O8. The second kappa shape index (κ2) is 17.3. The Morgan fingerprint density at radius 3 is 2.62 bits per heavy atom. The summed E-state index contributed by atoms with van der Waals surface area (Å²) in [4.78, 5) is 3.30. The minimum Gasteiger partial charge on any atom is -0.508 e. The van der Waals surface area contributed by atoms with Gasteiger partial charge in [-0.05, 0) is 134 Å². The van der Waals surface area contributed by atoms with E-state index in [1.54, 1.807) is 12.1 Å². The molecule has 0 bridgehead atoms. The Labute approximate surface area is 352 Å². The van der Waals surface area contributed by atoms with Crippen LogP contribution in [0.15, 0.2) is 66.9 Å². The fraction of sp³-hybridized carbons (Fsp3) is 0.458. The highest BCUT2D eigenvalue weighted by molar-refractivity contribution is 5.85. The molecule has 0 unspecified atom stereocenters. The molecule has 2 aliphatic heterocycles. The lowest BCUT2D eigenvalue weighted by molar-refractivity contribution is -0.129. The molecule has 0 spiro atoms. The van der Waals surface area contributed by atoms with Crippen LogP contribution in [0.5, 0.6) is 28.7 Å². The third-order valence-electron chi connectivity index (χ3n) is 12.4. The van der Waals surface area contributed by atoms with Crippen LogP contribution in [0, 0.1) is 5.92 Å². The number of ether oxygens (including phenoxy) is 4. The highest BCUT2D eigenvalue weighted by Crippen LogP contribution is 2.57. The van der Waals surface area contributed by atoms with Crippen LogP contribution in [0.4, 0.5) is 0 Å². The molecule has 12 heteroatoms. The van der Waals surface area contributed by atoms with Crippen LogP contribution in [0.1, 0.15) is 79.0 Å². The number of fused-ring (bicyclic) bond motifs is 9. The molecule has 0 fully saturated rings. The summed E-state index contributed by atoms with van der Waals surface area (Å²) in [6.45, 7) is 7.42. The second-order valence-corrected chi connectivity index (χ2v) is 17.6. The Kier molecular flexibility index (Phi) is 12.1. The second-order valence-electron chi connectivity index (χ2n) is 17.6. The zero-order valence-electron chi connectivity index (χ0n) is 35.4. The van der Waals surface area contributed by atoms with Gasteiger partial charge in [0.1, 0.15) is 29.0 Å². The van der Waals surface area contributed by atoms with Crippen LogP contribution in [0.2, 0.25) is 0 Å². The summed E-state index contributed by atoms with van der Waals surface area (Å²) in [7, 11) is 3.38. The van der Waals surface area contributed by atoms with Gasteiger partial charge in [-0.1, -0.05) is 32.0 Å². The van der Waals surface area contributed by atoms with E-state index < -0.39 is 17.3 Å². The van der Waals surface area contributed by atoms with E-state index in [1.807, 2.05) is 44.4 Å². The van der Waals surface area contributed by atoms with E-state index in [2.05, 4.69) is 59.0 Å². The first-order valence-corrected chi connectivity index (χ1v) is 21.3. The third kappa shape index (κ3) is 8.29. The lowest BCUT2D eigenvalue weighted by Crippen LogP contribution is -2.56. The molecule has 0 amide bonds. The van der Waals surface area contributed by atoms with Crippen molar-refractivity contribution >= 4 is 10.9 Å². The molecule has 1 aliphatic carbocycles. The number of rotatable bonds is 16. The van der Waals surface area contributed by atoms with Crippen LogP contribution in [-0.4, -0.2) is 90.0 Å². The Morgan fingerprint density at radius 2 is 1.83 bits per heavy atom. The van der Waals surface area contributed by atoms with Crippen molar-refractivity contribution in [3.63, 3.8) is 0 Å². The van der Waals surface area contributed by atoms with Gasteiger partial charge in [0.15, 0.2) is 17.6 Å². The van der Waals surface area contributed by atoms with Gasteiger partial charge in [0.05, 0.1) is 26.0 Å². The molecule has 3 heterocycles. The van der Waals surface area contributed by atoms with Crippen molar-refractivity contribution in [1.82, 2.24) is 20.9 Å². The Morgan fingerprint density at radius 1 is 0.983 bits per heavy atom. The maximum absolute atomic E-state index is 11.0. The molecule has 0 radical (unpaired) electrons. The lowest BCUT2D eigenvalue weighted by Gasteiger charge is -2.47. The van der Waals surface area contributed by atoms with E-state index in [-0.39, 0.29) is 36.9 Å². The van der Waals surface area contributed by atoms with Crippen molar-refractivity contribution in [3.8, 4) is 39.9 Å². The maximum atomic E-state index is 11.0. The zero-order valence-corrected chi connectivity index (χ0v) is 35.4. The van der Waals surface area contributed by atoms with Crippen molar-refractivity contribution in [2.75, 3.05) is 47.3 Å². The number of methoxy groups -OCH3 is 1. The van der Waals surface area contributed by atoms with Gasteiger partial charge in [0.25, 0.3) is 0 Å². The largest absolute Gasteiger partial charge is 0.508 e. The summed E-state index contributed by atoms with van der Waals surface area (Å²) < 4.78 is 26.7. The molecule has 8 N–H and O–H groups in total. The van der Waals surface area contributed by atoms with Gasteiger partial charge in [-0.25, -0.2) is 0 Å². The molecule has 1 aromatic heterocycles. The first kappa shape index (κ1) is 41.9. The maximum Gasteiger partial charge on any atom is 0.160 e. The molecule has 3 aliphatic rings. The van der Waals surface area contributed by atoms with Gasteiger partial charge >= 0.3 is 0 Å². The van der Waals surface area contributed by atoms with Gasteiger partial charge < -0.3 is 55.0 Å². The average molecular weight is 821 g/mol. The van der Waals surface area contributed by atoms with Crippen LogP contribution >= 0.6 is 0 Å². The van der Waals surface area contributed by atoms with Crippen LogP contribution < -0.4 is 30.2 Å². The highest BCUT2D eigenvalue weighted by atomic mass is 16.6. The van der Waals surface area contributed by atoms with Crippen molar-refractivity contribution in [2.45, 2.75) is 88.6 Å². The Hall–Kier alpha value is -4.82. The van der Waals surface area contributed by atoms with E-state index >= 15 is 0 Å². The summed E-state index contributed by atoms with van der Waals surface area (Å²) in [5.41, 5.74) is 7.36. The summed E-state index contributed by atoms with van der Waals surface area (Å²) >= 11 is 0. The van der Waals surface area contributed by atoms with Crippen LogP contribution in [0.3, 0.4) is 0 Å². The van der Waals surface area contributed by atoms with Gasteiger partial charge in [0.2, 0.25) is 0 Å². The van der Waals surface area contributed by atoms with Crippen molar-refractivity contribution in [1.29, 1.82) is 0 Å². The van der Waals surface area contributed by atoms with Gasteiger partial charge in [-0.2, -0.15) is 0 Å². The predicted octanol–water partition coefficient (Wildman–Crippen LogP) is 6.37. The quantitative estimate of drug-likeness (QED) is 0.0412. The Balaban J connectivity index is 1.26. The number of aromatic amines is 1. The minimum absolute atomic E-state index is 0.0167. The summed E-state index contributed by atoms with van der Waals surface area (Å²) in [6, 6.07) is 19.6. The topological polar surface area (TPSA) is 170 Å². The number of hydrogen-bond donors (Lipinski definition) is 8. The molecule has 320 valence electrons. The fourth-order valence-electron chi connectivity index (χ4n) is 9.93. The van der Waals surface area contributed by atoms with Crippen molar-refractivity contribution in [3.05, 3.63) is 100 Å². The molecular weight excluding hydrogens is 761 g/mol. The number of H-pyrrole nitrogens is 1. The zero-order chi connectivity index (χ0) is 42.2. The van der Waals surface area contributed by atoms with Gasteiger partial charge in [0, 0.05) is 54.6 Å². The number of aliphatic hydroxyl groups excluding tert-OH is 1. The highest BCUT2D eigenvalue weighted by Gasteiger charge is 2.50. The van der Waals surface area contributed by atoms with Crippen LogP contribution in [-0.2, 0) is 30.4 Å². The average Bonchev–Trinajstić information content (AvgIpc) is 3.70. The number of aromatic hydroxyl groups is 2.